The third kappa shape index (κ3) is 3.14. The van der Waals surface area contributed by atoms with Gasteiger partial charge >= 0.3 is 6.01 Å². The average molecular weight is 372 g/mol. The molecule has 6 nitrogen and oxygen atoms in total. The molecule has 0 fully saturated rings. The van der Waals surface area contributed by atoms with Gasteiger partial charge in [0, 0.05) is 17.8 Å². The topological polar surface area (TPSA) is 72.9 Å². The number of benzene rings is 2. The second-order valence-corrected chi connectivity index (χ2v) is 5.51. The van der Waals surface area contributed by atoms with Gasteiger partial charge in [0.05, 0.1) is 18.2 Å². The Hall–Kier alpha value is -3.62. The van der Waals surface area contributed by atoms with Crippen LogP contribution in [0, 0.1) is 17.5 Å². The van der Waals surface area contributed by atoms with E-state index in [0.717, 1.165) is 12.1 Å². The largest absolute Gasteiger partial charge is 0.497 e. The molecule has 1 N–H and O–H groups in total. The molecule has 0 aliphatic heterocycles. The maximum atomic E-state index is 14.2. The summed E-state index contributed by atoms with van der Waals surface area (Å²) in [6.45, 7) is 0. The molecule has 136 valence electrons. The van der Waals surface area contributed by atoms with E-state index in [1.165, 1.54) is 31.5 Å². The summed E-state index contributed by atoms with van der Waals surface area (Å²) >= 11 is 0. The molecule has 0 atom stereocenters. The number of aromatic nitrogens is 4. The van der Waals surface area contributed by atoms with Crippen LogP contribution in [0.3, 0.4) is 0 Å². The Morgan fingerprint density at radius 1 is 1.00 bits per heavy atom. The number of H-pyrrole nitrogens is 1. The van der Waals surface area contributed by atoms with Crippen molar-refractivity contribution in [1.82, 2.24) is 20.2 Å². The maximum absolute atomic E-state index is 14.2. The zero-order valence-electron chi connectivity index (χ0n) is 13.8. The van der Waals surface area contributed by atoms with Crippen LogP contribution in [0.2, 0.25) is 0 Å². The fraction of sp³-hybridized carbons (Fsp3) is 0.0556. The number of halogens is 3. The molecule has 0 saturated carbocycles. The van der Waals surface area contributed by atoms with E-state index in [4.69, 9.17) is 9.47 Å². The van der Waals surface area contributed by atoms with Crippen molar-refractivity contribution in [3.05, 3.63) is 60.0 Å². The molecule has 0 aliphatic rings. The monoisotopic (exact) mass is 372 g/mol. The first-order valence-corrected chi connectivity index (χ1v) is 7.73. The Kier molecular flexibility index (Phi) is 4.11. The van der Waals surface area contributed by atoms with Crippen molar-refractivity contribution in [2.75, 3.05) is 7.11 Å². The van der Waals surface area contributed by atoms with Crippen LogP contribution in [0.1, 0.15) is 0 Å². The van der Waals surface area contributed by atoms with Crippen molar-refractivity contribution in [3.8, 4) is 28.8 Å². The van der Waals surface area contributed by atoms with E-state index in [2.05, 4.69) is 20.2 Å². The summed E-state index contributed by atoms with van der Waals surface area (Å²) in [5.41, 5.74) is 0.791. The minimum Gasteiger partial charge on any atom is -0.497 e. The number of rotatable bonds is 4. The van der Waals surface area contributed by atoms with Crippen LogP contribution in [0.4, 0.5) is 13.2 Å². The van der Waals surface area contributed by atoms with E-state index in [0.29, 0.717) is 22.9 Å². The molecule has 0 spiro atoms. The Morgan fingerprint density at radius 3 is 2.63 bits per heavy atom. The van der Waals surface area contributed by atoms with Crippen LogP contribution in [-0.4, -0.2) is 27.3 Å². The van der Waals surface area contributed by atoms with Crippen LogP contribution < -0.4 is 9.47 Å². The summed E-state index contributed by atoms with van der Waals surface area (Å²) in [6.07, 6.45) is 1.37. The number of fused-ring (bicyclic) bond motifs is 1. The first-order valence-electron chi connectivity index (χ1n) is 7.73. The van der Waals surface area contributed by atoms with Crippen LogP contribution >= 0.6 is 0 Å². The Bertz CT molecular complexity index is 1150. The molecular weight excluding hydrogens is 361 g/mol. The quantitative estimate of drug-likeness (QED) is 0.580. The lowest BCUT2D eigenvalue weighted by atomic mass is 10.1. The minimum absolute atomic E-state index is 0.183. The van der Waals surface area contributed by atoms with Crippen LogP contribution in [-0.2, 0) is 0 Å². The molecule has 0 bridgehead atoms. The Labute approximate surface area is 150 Å². The number of aromatic amines is 1. The molecule has 4 rings (SSSR count). The van der Waals surface area contributed by atoms with E-state index >= 15 is 0 Å². The first kappa shape index (κ1) is 16.8. The van der Waals surface area contributed by atoms with E-state index in [-0.39, 0.29) is 23.0 Å². The van der Waals surface area contributed by atoms with E-state index in [1.807, 2.05) is 0 Å². The van der Waals surface area contributed by atoms with Gasteiger partial charge in [0.1, 0.15) is 17.4 Å². The van der Waals surface area contributed by atoms with E-state index in [9.17, 15) is 13.2 Å². The summed E-state index contributed by atoms with van der Waals surface area (Å²) in [5, 5.41) is 7.16. The van der Waals surface area contributed by atoms with Gasteiger partial charge in [-0.25, -0.2) is 18.2 Å². The highest BCUT2D eigenvalue weighted by atomic mass is 19.1. The smallest absolute Gasteiger partial charge is 0.324 e. The van der Waals surface area contributed by atoms with Gasteiger partial charge in [-0.3, -0.25) is 5.10 Å². The lowest BCUT2D eigenvalue weighted by Crippen LogP contribution is -1.95. The van der Waals surface area contributed by atoms with Gasteiger partial charge in [-0.2, -0.15) is 10.1 Å². The van der Waals surface area contributed by atoms with Gasteiger partial charge in [-0.1, -0.05) is 0 Å². The van der Waals surface area contributed by atoms with Crippen molar-refractivity contribution in [1.29, 1.82) is 0 Å². The molecule has 2 aromatic carbocycles. The third-order valence-corrected chi connectivity index (χ3v) is 3.83. The molecule has 9 heteroatoms. The van der Waals surface area contributed by atoms with Gasteiger partial charge in [0.25, 0.3) is 0 Å². The van der Waals surface area contributed by atoms with Gasteiger partial charge in [-0.05, 0) is 30.3 Å². The number of methoxy groups -OCH3 is 1. The first-order chi connectivity index (χ1) is 13.0. The number of ether oxygens (including phenoxy) is 2. The van der Waals surface area contributed by atoms with Crippen LogP contribution in [0.5, 0.6) is 17.5 Å². The van der Waals surface area contributed by atoms with Gasteiger partial charge < -0.3 is 9.47 Å². The molecule has 0 radical (unpaired) electrons. The minimum atomic E-state index is -0.889. The highest BCUT2D eigenvalue weighted by Crippen LogP contribution is 2.31. The zero-order chi connectivity index (χ0) is 19.0. The van der Waals surface area contributed by atoms with E-state index < -0.39 is 17.5 Å². The fourth-order valence-electron chi connectivity index (χ4n) is 2.52. The van der Waals surface area contributed by atoms with Crippen molar-refractivity contribution < 1.29 is 22.6 Å². The molecule has 2 aromatic heterocycles. The standard InChI is InChI=1S/C18H11F3N4O2/c1-26-10-3-4-13(20)11(7-10)16-12-8-22-18(23-17(12)25-24-16)27-15-5-2-9(19)6-14(15)21/h2-8H,1H3,(H,22,23,24,25). The third-order valence-electron chi connectivity index (χ3n) is 3.83. The molecule has 0 unspecified atom stereocenters. The van der Waals surface area contributed by atoms with Gasteiger partial charge in [-0.15, -0.1) is 0 Å². The normalized spacial score (nSPS) is 11.0. The summed E-state index contributed by atoms with van der Waals surface area (Å²) in [6, 6.07) is 6.96. The second kappa shape index (κ2) is 6.60. The highest BCUT2D eigenvalue weighted by Gasteiger charge is 2.16. The molecule has 2 heterocycles. The zero-order valence-corrected chi connectivity index (χ0v) is 13.8. The fourth-order valence-corrected chi connectivity index (χ4v) is 2.52. The SMILES string of the molecule is COc1ccc(F)c(-c2[nH]nc3nc(Oc4ccc(F)cc4F)ncc23)c1. The second-order valence-electron chi connectivity index (χ2n) is 5.51. The van der Waals surface area contributed by atoms with Crippen LogP contribution in [0.15, 0.2) is 42.6 Å². The van der Waals surface area contributed by atoms with Crippen molar-refractivity contribution in [2.45, 2.75) is 0 Å². The molecule has 0 amide bonds. The summed E-state index contributed by atoms with van der Waals surface area (Å²) < 4.78 is 51.2. The molecule has 0 aliphatic carbocycles. The molecule has 0 saturated heterocycles. The van der Waals surface area contributed by atoms with E-state index in [1.54, 1.807) is 0 Å². The summed E-state index contributed by atoms with van der Waals surface area (Å²) in [7, 11) is 1.48. The Balaban J connectivity index is 1.72. The summed E-state index contributed by atoms with van der Waals surface area (Å²) in [5.74, 6) is -1.85. The highest BCUT2D eigenvalue weighted by molar-refractivity contribution is 5.90. The lowest BCUT2D eigenvalue weighted by Gasteiger charge is -2.06. The van der Waals surface area contributed by atoms with Crippen LogP contribution in [0.25, 0.3) is 22.3 Å². The number of hydrogen-bond acceptors (Lipinski definition) is 5. The van der Waals surface area contributed by atoms with Gasteiger partial charge in [0.15, 0.2) is 17.2 Å². The predicted octanol–water partition coefficient (Wildman–Crippen LogP) is 4.24. The molecule has 4 aromatic rings. The van der Waals surface area contributed by atoms with Crippen molar-refractivity contribution in [3.63, 3.8) is 0 Å². The number of nitrogens with zero attached hydrogens (tertiary/aromatic N) is 3. The van der Waals surface area contributed by atoms with Crippen molar-refractivity contribution in [2.24, 2.45) is 0 Å². The number of nitrogens with one attached hydrogen (secondary N) is 1. The van der Waals surface area contributed by atoms with Gasteiger partial charge in [0.2, 0.25) is 0 Å². The maximum Gasteiger partial charge on any atom is 0.324 e. The number of hydrogen-bond donors (Lipinski definition) is 1. The lowest BCUT2D eigenvalue weighted by molar-refractivity contribution is 0.409. The average Bonchev–Trinajstić information content (AvgIpc) is 3.07. The molecular formula is C18H11F3N4O2. The van der Waals surface area contributed by atoms with Crippen molar-refractivity contribution >= 4 is 11.0 Å². The Morgan fingerprint density at radius 2 is 1.85 bits per heavy atom. The molecule has 27 heavy (non-hydrogen) atoms. The summed E-state index contributed by atoms with van der Waals surface area (Å²) in [4.78, 5) is 8.05. The predicted molar refractivity (Wildman–Crippen MR) is 90.1 cm³/mol.